The van der Waals surface area contributed by atoms with Gasteiger partial charge in [0, 0.05) is 46.3 Å². The minimum atomic E-state index is -1.26. The minimum Gasteiger partial charge on any atom is -0.393 e. The first kappa shape index (κ1) is 26.1. The first-order valence-electron chi connectivity index (χ1n) is 13.4. The fourth-order valence-corrected chi connectivity index (χ4v) is 10.3. The molecule has 12 unspecified atom stereocenters. The molecule has 10 heteroatoms. The van der Waals surface area contributed by atoms with E-state index in [4.69, 9.17) is 10.5 Å². The number of aliphatic hydroxyl groups excluding tert-OH is 1. The highest BCUT2D eigenvalue weighted by atomic mass is 32.2. The van der Waals surface area contributed by atoms with E-state index in [1.165, 1.54) is 0 Å². The van der Waals surface area contributed by atoms with Crippen LogP contribution < -0.4 is 16.5 Å². The van der Waals surface area contributed by atoms with Crippen molar-refractivity contribution in [2.24, 2.45) is 51.3 Å². The molecule has 202 valence electrons. The van der Waals surface area contributed by atoms with E-state index in [9.17, 15) is 18.9 Å². The molecule has 3 saturated carbocycles. The maximum atomic E-state index is 13.2. The maximum absolute atomic E-state index is 13.2. The number of hydrogen-bond donors (Lipinski definition) is 4. The summed E-state index contributed by atoms with van der Waals surface area (Å²) in [5.74, 6) is 0.140. The predicted molar refractivity (Wildman–Crippen MR) is 137 cm³/mol. The number of carbonyl (C=O) groups is 2. The second-order valence-electron chi connectivity index (χ2n) is 13.0. The number of rotatable bonds is 2. The molecule has 12 atom stereocenters. The molecule has 2 aliphatic heterocycles. The number of fused-ring (bicyclic) bond motifs is 3. The van der Waals surface area contributed by atoms with Gasteiger partial charge in [-0.05, 0) is 56.3 Å². The fourth-order valence-electron chi connectivity index (χ4n) is 9.13. The summed E-state index contributed by atoms with van der Waals surface area (Å²) in [4.78, 5) is 24.3. The van der Waals surface area contributed by atoms with Crippen molar-refractivity contribution in [2.45, 2.75) is 95.8 Å². The summed E-state index contributed by atoms with van der Waals surface area (Å²) in [6.45, 7) is 10.9. The highest BCUT2D eigenvalue weighted by Crippen LogP contribution is 2.68. The zero-order valence-corrected chi connectivity index (χ0v) is 23.1. The molecule has 5 aliphatic rings. The van der Waals surface area contributed by atoms with E-state index < -0.39 is 39.2 Å². The van der Waals surface area contributed by atoms with E-state index in [1.54, 1.807) is 6.26 Å². The molecule has 5 rings (SSSR count). The van der Waals surface area contributed by atoms with Gasteiger partial charge in [0.2, 0.25) is 5.91 Å². The molecule has 9 nitrogen and oxygen atoms in total. The monoisotopic (exact) mass is 522 g/mol. The number of aliphatic hydroxyl groups is 1. The van der Waals surface area contributed by atoms with Crippen LogP contribution in [0.2, 0.25) is 0 Å². The lowest BCUT2D eigenvalue weighted by Crippen LogP contribution is -2.74. The number of amides is 3. The molecule has 0 aromatic carbocycles. The molecule has 5 fully saturated rings. The Bertz CT molecular complexity index is 1020. The molecule has 0 radical (unpaired) electrons. The van der Waals surface area contributed by atoms with Gasteiger partial charge in [-0.15, -0.1) is 0 Å². The number of primary amides is 1. The quantitative estimate of drug-likeness (QED) is 0.410. The van der Waals surface area contributed by atoms with Gasteiger partial charge in [0.1, 0.15) is 0 Å². The van der Waals surface area contributed by atoms with Crippen LogP contribution in [-0.2, 0) is 20.3 Å². The molecule has 2 heterocycles. The smallest absolute Gasteiger partial charge is 0.332 e. The average Bonchev–Trinajstić information content (AvgIpc) is 3.05. The van der Waals surface area contributed by atoms with Crippen molar-refractivity contribution in [3.63, 3.8) is 0 Å². The third kappa shape index (κ3) is 3.46. The summed E-state index contributed by atoms with van der Waals surface area (Å²) in [5.41, 5.74) is 7.10. The molecule has 0 aromatic heterocycles. The van der Waals surface area contributed by atoms with Gasteiger partial charge in [-0.25, -0.2) is 10.2 Å². The lowest BCUT2D eigenvalue weighted by Gasteiger charge is -2.70. The van der Waals surface area contributed by atoms with Crippen molar-refractivity contribution in [2.75, 3.05) is 6.26 Å². The molecule has 3 aliphatic carbocycles. The second kappa shape index (κ2) is 8.50. The Labute approximate surface area is 216 Å². The van der Waals surface area contributed by atoms with Gasteiger partial charge in [-0.1, -0.05) is 27.7 Å². The molecule has 36 heavy (non-hydrogen) atoms. The summed E-state index contributed by atoms with van der Waals surface area (Å²) in [7, 11) is -1.26. The van der Waals surface area contributed by atoms with Gasteiger partial charge < -0.3 is 20.9 Å². The molecule has 3 amide bonds. The Hall–Kier alpha value is -1.52. The van der Waals surface area contributed by atoms with Gasteiger partial charge in [0.15, 0.2) is 0 Å². The lowest BCUT2D eigenvalue weighted by molar-refractivity contribution is -0.319. The number of nitrogens with two attached hydrogens (primary N) is 1. The Morgan fingerprint density at radius 1 is 1.25 bits per heavy atom. The molecule has 1 spiro atoms. The summed E-state index contributed by atoms with van der Waals surface area (Å²) in [6, 6.07) is -0.764. The van der Waals surface area contributed by atoms with Crippen molar-refractivity contribution < 1.29 is 23.6 Å². The van der Waals surface area contributed by atoms with E-state index in [1.807, 2.05) is 6.92 Å². The van der Waals surface area contributed by atoms with Crippen LogP contribution in [0.5, 0.6) is 0 Å². The normalized spacial score (nSPS) is 51.2. The SMILES string of the molecule is CC1NC(=O)C2CC(O)C3CC4(C)C(C)CCC5C(C)(C)C(=NNC(N)=O)C(S(C)=O)CC54OC3C12. The van der Waals surface area contributed by atoms with Gasteiger partial charge in [0.05, 0.1) is 28.8 Å². The van der Waals surface area contributed by atoms with Crippen LogP contribution in [0, 0.1) is 40.4 Å². The fraction of sp³-hybridized carbons (Fsp3) is 0.885. The Morgan fingerprint density at radius 2 is 1.94 bits per heavy atom. The summed E-state index contributed by atoms with van der Waals surface area (Å²) >= 11 is 0. The van der Waals surface area contributed by atoms with Crippen LogP contribution in [-0.4, -0.2) is 62.3 Å². The Kier molecular flexibility index (Phi) is 6.16. The number of nitrogens with zero attached hydrogens (tertiary/aromatic N) is 1. The summed E-state index contributed by atoms with van der Waals surface area (Å²) in [5, 5.41) is 18.4. The largest absolute Gasteiger partial charge is 0.393 e. The first-order chi connectivity index (χ1) is 16.7. The van der Waals surface area contributed by atoms with Crippen molar-refractivity contribution >= 4 is 28.4 Å². The number of urea groups is 1. The molecular formula is C26H42N4O5S. The van der Waals surface area contributed by atoms with Crippen molar-refractivity contribution in [1.29, 1.82) is 0 Å². The minimum absolute atomic E-state index is 0.00277. The Balaban J connectivity index is 1.64. The van der Waals surface area contributed by atoms with Crippen LogP contribution in [0.4, 0.5) is 4.79 Å². The van der Waals surface area contributed by atoms with E-state index in [0.29, 0.717) is 24.5 Å². The lowest BCUT2D eigenvalue weighted by atomic mass is 9.42. The van der Waals surface area contributed by atoms with Gasteiger partial charge in [-0.2, -0.15) is 5.10 Å². The zero-order valence-electron chi connectivity index (χ0n) is 22.2. The molecule has 5 N–H and O–H groups in total. The third-order valence-electron chi connectivity index (χ3n) is 11.1. The number of nitrogens with one attached hydrogen (secondary N) is 2. The van der Waals surface area contributed by atoms with Crippen molar-refractivity contribution in [1.82, 2.24) is 10.7 Å². The second-order valence-corrected chi connectivity index (χ2v) is 14.5. The molecular weight excluding hydrogens is 480 g/mol. The number of carbonyl (C=O) groups excluding carboxylic acids is 2. The highest BCUT2D eigenvalue weighted by molar-refractivity contribution is 7.85. The van der Waals surface area contributed by atoms with Crippen molar-refractivity contribution in [3.05, 3.63) is 0 Å². The average molecular weight is 523 g/mol. The molecule has 0 aromatic rings. The standard InChI is InChI=1S/C26H42N4O5S/c1-12-7-8-18-24(3,4)21(29-30-23(27)33)17(36(6)34)11-26(18)25(12,5)10-15-16(31)9-14-19(20(15)35-26)13(2)28-22(14)32/h12-20,31H,7-11H2,1-6H3,(H,28,32)(H3,27,30,33). The number of hydrogen-bond acceptors (Lipinski definition) is 6. The van der Waals surface area contributed by atoms with E-state index in [2.05, 4.69) is 43.5 Å². The van der Waals surface area contributed by atoms with Crippen LogP contribution in [0.3, 0.4) is 0 Å². The van der Waals surface area contributed by atoms with Crippen LogP contribution in [0.25, 0.3) is 0 Å². The van der Waals surface area contributed by atoms with Crippen LogP contribution in [0.1, 0.15) is 66.7 Å². The van der Waals surface area contributed by atoms with Crippen LogP contribution >= 0.6 is 0 Å². The molecule has 2 saturated heterocycles. The first-order valence-corrected chi connectivity index (χ1v) is 15.0. The predicted octanol–water partition coefficient (Wildman–Crippen LogP) is 1.90. The summed E-state index contributed by atoms with van der Waals surface area (Å²) in [6.07, 6.45) is 4.61. The zero-order chi connectivity index (χ0) is 26.4. The highest BCUT2D eigenvalue weighted by Gasteiger charge is 2.72. The van der Waals surface area contributed by atoms with Crippen molar-refractivity contribution in [3.8, 4) is 0 Å². The number of ether oxygens (including phenoxy) is 1. The van der Waals surface area contributed by atoms with Gasteiger partial charge in [-0.3, -0.25) is 9.00 Å². The topological polar surface area (TPSA) is 143 Å². The van der Waals surface area contributed by atoms with E-state index >= 15 is 0 Å². The summed E-state index contributed by atoms with van der Waals surface area (Å²) < 4.78 is 20.6. The van der Waals surface area contributed by atoms with E-state index in [0.717, 1.165) is 19.3 Å². The number of hydrazone groups is 1. The third-order valence-corrected chi connectivity index (χ3v) is 12.3. The Morgan fingerprint density at radius 3 is 2.58 bits per heavy atom. The van der Waals surface area contributed by atoms with Gasteiger partial charge in [0.25, 0.3) is 0 Å². The van der Waals surface area contributed by atoms with Crippen LogP contribution in [0.15, 0.2) is 5.10 Å². The molecule has 0 bridgehead atoms. The van der Waals surface area contributed by atoms with Gasteiger partial charge >= 0.3 is 6.03 Å². The van der Waals surface area contributed by atoms with E-state index in [-0.39, 0.29) is 47.1 Å². The maximum Gasteiger partial charge on any atom is 0.332 e.